The molecule has 0 amide bonds. The minimum atomic E-state index is 0.853. The molecule has 1 aliphatic carbocycles. The monoisotopic (exact) mass is 786 g/mol. The molecule has 9 aromatic carbocycles. The SMILES string of the molecule is c1ccc(-c2cc(-c3cccc(-c4ccc5c6c(cccc46)-c4c-5c(-c5ccccc5)c5ccccc5c4-c4ccccc4)c3)cc(-c3cccc(-c4ccccn4)n3)c2)cc1. The van der Waals surface area contributed by atoms with Crippen LogP contribution in [0.5, 0.6) is 0 Å². The molecule has 0 saturated carbocycles. The molecule has 0 radical (unpaired) electrons. The Kier molecular flexibility index (Phi) is 8.53. The maximum Gasteiger partial charge on any atom is 0.0893 e. The van der Waals surface area contributed by atoms with Crippen LogP contribution in [-0.2, 0) is 0 Å². The van der Waals surface area contributed by atoms with Crippen LogP contribution in [0.1, 0.15) is 0 Å². The molecule has 0 N–H and O–H groups in total. The van der Waals surface area contributed by atoms with E-state index in [-0.39, 0.29) is 0 Å². The highest BCUT2D eigenvalue weighted by Gasteiger charge is 2.31. The van der Waals surface area contributed by atoms with E-state index < -0.39 is 0 Å². The number of benzene rings is 9. The van der Waals surface area contributed by atoms with E-state index in [1.165, 1.54) is 77.2 Å². The smallest absolute Gasteiger partial charge is 0.0893 e. The normalized spacial score (nSPS) is 11.5. The number of rotatable bonds is 7. The van der Waals surface area contributed by atoms with Crippen LogP contribution < -0.4 is 0 Å². The van der Waals surface area contributed by atoms with Crippen LogP contribution in [-0.4, -0.2) is 9.97 Å². The molecule has 2 heterocycles. The highest BCUT2D eigenvalue weighted by atomic mass is 14.8. The molecule has 0 fully saturated rings. The van der Waals surface area contributed by atoms with Crippen LogP contribution in [0, 0.1) is 0 Å². The van der Waals surface area contributed by atoms with Crippen molar-refractivity contribution in [3.63, 3.8) is 0 Å². The second kappa shape index (κ2) is 14.8. The topological polar surface area (TPSA) is 25.8 Å². The average molecular weight is 787 g/mol. The molecule has 12 rings (SSSR count). The van der Waals surface area contributed by atoms with Gasteiger partial charge in [0.05, 0.1) is 17.1 Å². The molecule has 0 bridgehead atoms. The van der Waals surface area contributed by atoms with Gasteiger partial charge in [0.2, 0.25) is 0 Å². The molecule has 0 aliphatic heterocycles. The summed E-state index contributed by atoms with van der Waals surface area (Å²) in [6, 6.07) is 81.1. The molecule has 2 nitrogen and oxygen atoms in total. The third-order valence-electron chi connectivity index (χ3n) is 12.4. The van der Waals surface area contributed by atoms with Gasteiger partial charge in [-0.1, -0.05) is 176 Å². The van der Waals surface area contributed by atoms with E-state index >= 15 is 0 Å². The summed E-state index contributed by atoms with van der Waals surface area (Å²) in [5.74, 6) is 0. The Morgan fingerprint density at radius 1 is 0.242 bits per heavy atom. The molecule has 0 unspecified atom stereocenters. The first-order chi connectivity index (χ1) is 30.8. The molecular formula is C60H38N2. The van der Waals surface area contributed by atoms with Gasteiger partial charge in [-0.05, 0) is 148 Å². The fourth-order valence-corrected chi connectivity index (χ4v) is 9.72. The van der Waals surface area contributed by atoms with Gasteiger partial charge in [0.15, 0.2) is 0 Å². The summed E-state index contributed by atoms with van der Waals surface area (Å²) >= 11 is 0. The predicted octanol–water partition coefficient (Wildman–Crippen LogP) is 16.1. The summed E-state index contributed by atoms with van der Waals surface area (Å²) in [5, 5.41) is 5.10. The lowest BCUT2D eigenvalue weighted by Crippen LogP contribution is -1.93. The van der Waals surface area contributed by atoms with Gasteiger partial charge >= 0.3 is 0 Å². The van der Waals surface area contributed by atoms with Gasteiger partial charge in [-0.25, -0.2) is 4.98 Å². The first kappa shape index (κ1) is 35.7. The van der Waals surface area contributed by atoms with Crippen molar-refractivity contribution in [1.82, 2.24) is 9.97 Å². The first-order valence-electron chi connectivity index (χ1n) is 21.2. The number of fused-ring (bicyclic) bond motifs is 4. The number of pyridine rings is 2. The van der Waals surface area contributed by atoms with Crippen LogP contribution in [0.3, 0.4) is 0 Å². The average Bonchev–Trinajstić information content (AvgIpc) is 3.69. The van der Waals surface area contributed by atoms with Gasteiger partial charge in [0, 0.05) is 11.8 Å². The minimum Gasteiger partial charge on any atom is -0.255 e. The molecule has 0 saturated heterocycles. The quantitative estimate of drug-likeness (QED) is 0.161. The van der Waals surface area contributed by atoms with Crippen LogP contribution in [0.15, 0.2) is 231 Å². The van der Waals surface area contributed by atoms with Crippen LogP contribution in [0.4, 0.5) is 0 Å². The van der Waals surface area contributed by atoms with Gasteiger partial charge < -0.3 is 0 Å². The van der Waals surface area contributed by atoms with Crippen molar-refractivity contribution in [1.29, 1.82) is 0 Å². The molecular weight excluding hydrogens is 749 g/mol. The fraction of sp³-hybridized carbons (Fsp3) is 0. The van der Waals surface area contributed by atoms with Gasteiger partial charge in [0.1, 0.15) is 0 Å². The lowest BCUT2D eigenvalue weighted by molar-refractivity contribution is 1.25. The van der Waals surface area contributed by atoms with E-state index in [9.17, 15) is 0 Å². The van der Waals surface area contributed by atoms with Crippen LogP contribution >= 0.6 is 0 Å². The Hall–Kier alpha value is -8.20. The van der Waals surface area contributed by atoms with Crippen molar-refractivity contribution in [2.45, 2.75) is 0 Å². The van der Waals surface area contributed by atoms with E-state index in [4.69, 9.17) is 4.98 Å². The number of aromatic nitrogens is 2. The van der Waals surface area contributed by atoms with Crippen molar-refractivity contribution in [2.24, 2.45) is 0 Å². The summed E-state index contributed by atoms with van der Waals surface area (Å²) in [6.07, 6.45) is 1.82. The minimum absolute atomic E-state index is 0.853. The summed E-state index contributed by atoms with van der Waals surface area (Å²) in [7, 11) is 0. The lowest BCUT2D eigenvalue weighted by atomic mass is 9.82. The predicted molar refractivity (Wildman–Crippen MR) is 260 cm³/mol. The molecule has 288 valence electrons. The standard InChI is InChI=1S/C60H38N2/c1-4-17-39(18-5-1)44-36-45(38-46(37-44)53-30-16-31-55(62-53)54-29-12-13-34-61-54)42-23-14-24-43(35-42)47-32-33-52-58-48(47)27-15-28-51(58)59-56(40-19-6-2-7-20-40)49-25-10-11-26-50(49)57(60(52)59)41-21-8-3-9-22-41/h1-38H. The Morgan fingerprint density at radius 3 is 1.39 bits per heavy atom. The first-order valence-corrected chi connectivity index (χ1v) is 21.2. The van der Waals surface area contributed by atoms with Gasteiger partial charge in [-0.2, -0.15) is 0 Å². The molecule has 1 aliphatic rings. The summed E-state index contributed by atoms with van der Waals surface area (Å²) in [4.78, 5) is 9.71. The lowest BCUT2D eigenvalue weighted by Gasteiger charge is -2.20. The highest BCUT2D eigenvalue weighted by molar-refractivity contribution is 6.28. The maximum atomic E-state index is 5.13. The third kappa shape index (κ3) is 5.96. The van der Waals surface area contributed by atoms with E-state index in [1.54, 1.807) is 0 Å². The highest BCUT2D eigenvalue weighted by Crippen LogP contribution is 2.58. The second-order valence-electron chi connectivity index (χ2n) is 16.0. The van der Waals surface area contributed by atoms with E-state index in [0.29, 0.717) is 0 Å². The second-order valence-corrected chi connectivity index (χ2v) is 16.0. The third-order valence-corrected chi connectivity index (χ3v) is 12.4. The van der Waals surface area contributed by atoms with Crippen LogP contribution in [0.25, 0.3) is 122 Å². The van der Waals surface area contributed by atoms with Gasteiger partial charge in [-0.15, -0.1) is 0 Å². The Labute approximate surface area is 361 Å². The van der Waals surface area contributed by atoms with Crippen molar-refractivity contribution >= 4 is 21.5 Å². The Bertz CT molecular complexity index is 3390. The fourth-order valence-electron chi connectivity index (χ4n) is 9.72. The van der Waals surface area contributed by atoms with E-state index in [1.807, 2.05) is 30.5 Å². The maximum absolute atomic E-state index is 5.13. The van der Waals surface area contributed by atoms with Gasteiger partial charge in [-0.3, -0.25) is 4.98 Å². The summed E-state index contributed by atoms with van der Waals surface area (Å²) < 4.78 is 0. The molecule has 2 heteroatoms. The summed E-state index contributed by atoms with van der Waals surface area (Å²) in [6.45, 7) is 0. The number of nitrogens with zero attached hydrogens (tertiary/aromatic N) is 2. The zero-order valence-corrected chi connectivity index (χ0v) is 33.8. The zero-order chi connectivity index (χ0) is 41.0. The molecule has 11 aromatic rings. The van der Waals surface area contributed by atoms with Crippen molar-refractivity contribution in [3.05, 3.63) is 231 Å². The molecule has 0 spiro atoms. The zero-order valence-electron chi connectivity index (χ0n) is 33.8. The summed E-state index contributed by atoms with van der Waals surface area (Å²) in [5.41, 5.74) is 20.9. The van der Waals surface area contributed by atoms with Crippen molar-refractivity contribution < 1.29 is 0 Å². The number of hydrogen-bond donors (Lipinski definition) is 0. The van der Waals surface area contributed by atoms with Gasteiger partial charge in [0.25, 0.3) is 0 Å². The van der Waals surface area contributed by atoms with Crippen molar-refractivity contribution in [3.8, 4) is 101 Å². The molecule has 0 atom stereocenters. The van der Waals surface area contributed by atoms with Crippen molar-refractivity contribution in [2.75, 3.05) is 0 Å². The Morgan fingerprint density at radius 2 is 0.710 bits per heavy atom. The molecule has 2 aromatic heterocycles. The Balaban J connectivity index is 1.05. The van der Waals surface area contributed by atoms with E-state index in [2.05, 4.69) is 205 Å². The molecule has 62 heavy (non-hydrogen) atoms. The van der Waals surface area contributed by atoms with E-state index in [0.717, 1.165) is 44.9 Å². The largest absolute Gasteiger partial charge is 0.255 e. The van der Waals surface area contributed by atoms with Crippen LogP contribution in [0.2, 0.25) is 0 Å². The number of hydrogen-bond acceptors (Lipinski definition) is 2.